The topological polar surface area (TPSA) is 66.8 Å². The lowest BCUT2D eigenvalue weighted by Crippen LogP contribution is -2.48. The van der Waals surface area contributed by atoms with E-state index in [1.54, 1.807) is 4.90 Å². The van der Waals surface area contributed by atoms with Crippen molar-refractivity contribution < 1.29 is 19.4 Å². The first-order chi connectivity index (χ1) is 7.65. The molecule has 1 unspecified atom stereocenters. The van der Waals surface area contributed by atoms with Gasteiger partial charge in [0, 0.05) is 19.5 Å². The second-order valence-electron chi connectivity index (χ2n) is 3.97. The molecule has 1 heterocycles. The Labute approximate surface area is 95.4 Å². The Balaban J connectivity index is 2.40. The molecule has 0 spiro atoms. The average molecular weight is 229 g/mol. The minimum atomic E-state index is -0.887. The predicted molar refractivity (Wildman–Crippen MR) is 58.1 cm³/mol. The number of rotatable bonds is 6. The van der Waals surface area contributed by atoms with Crippen LogP contribution in [0.1, 0.15) is 32.6 Å². The standard InChI is InChI=1S/C11H19NO4/c1-2-3-6-12-7-8-16-9(11(12)15)4-5-10(13)14/h9H,2-8H2,1H3,(H,13,14). The van der Waals surface area contributed by atoms with Crippen molar-refractivity contribution in [3.8, 4) is 0 Å². The molecule has 1 atom stereocenters. The normalized spacial score (nSPS) is 21.2. The van der Waals surface area contributed by atoms with Gasteiger partial charge in [0.2, 0.25) is 0 Å². The van der Waals surface area contributed by atoms with Gasteiger partial charge in [-0.05, 0) is 12.8 Å². The highest BCUT2D eigenvalue weighted by Crippen LogP contribution is 2.13. The molecule has 1 N–H and O–H groups in total. The highest BCUT2D eigenvalue weighted by atomic mass is 16.5. The number of carbonyl (C=O) groups excluding carboxylic acids is 1. The van der Waals surface area contributed by atoms with Crippen LogP contribution < -0.4 is 0 Å². The van der Waals surface area contributed by atoms with E-state index in [9.17, 15) is 9.59 Å². The van der Waals surface area contributed by atoms with E-state index < -0.39 is 12.1 Å². The molecule has 0 aromatic heterocycles. The molecule has 1 saturated heterocycles. The van der Waals surface area contributed by atoms with Gasteiger partial charge in [-0.2, -0.15) is 0 Å². The summed E-state index contributed by atoms with van der Waals surface area (Å²) in [5, 5.41) is 8.56. The van der Waals surface area contributed by atoms with Gasteiger partial charge in [-0.15, -0.1) is 0 Å². The quantitative estimate of drug-likeness (QED) is 0.734. The first-order valence-electron chi connectivity index (χ1n) is 5.77. The Morgan fingerprint density at radius 3 is 3.00 bits per heavy atom. The lowest BCUT2D eigenvalue weighted by molar-refractivity contribution is -0.154. The molecule has 92 valence electrons. The fourth-order valence-electron chi connectivity index (χ4n) is 1.72. The van der Waals surface area contributed by atoms with E-state index in [-0.39, 0.29) is 18.7 Å². The SMILES string of the molecule is CCCCN1CCOC(CCC(=O)O)C1=O. The molecular formula is C11H19NO4. The number of ether oxygens (including phenoxy) is 1. The number of unbranched alkanes of at least 4 members (excludes halogenated alkanes) is 1. The zero-order valence-corrected chi connectivity index (χ0v) is 9.65. The van der Waals surface area contributed by atoms with E-state index >= 15 is 0 Å². The first kappa shape index (κ1) is 13.0. The summed E-state index contributed by atoms with van der Waals surface area (Å²) in [6.45, 7) is 3.97. The Kier molecular flexibility index (Phi) is 5.25. The minimum absolute atomic E-state index is 0.0158. The van der Waals surface area contributed by atoms with Crippen LogP contribution in [0.3, 0.4) is 0 Å². The summed E-state index contributed by atoms with van der Waals surface area (Å²) in [4.78, 5) is 24.1. The predicted octanol–water partition coefficient (Wildman–Crippen LogP) is 0.879. The van der Waals surface area contributed by atoms with Crippen molar-refractivity contribution in [2.45, 2.75) is 38.7 Å². The van der Waals surface area contributed by atoms with Crippen molar-refractivity contribution in [2.75, 3.05) is 19.7 Å². The summed E-state index contributed by atoms with van der Waals surface area (Å²) < 4.78 is 5.30. The molecule has 0 aromatic carbocycles. The summed E-state index contributed by atoms with van der Waals surface area (Å²) >= 11 is 0. The second-order valence-corrected chi connectivity index (χ2v) is 3.97. The Bertz CT molecular complexity index is 254. The number of nitrogens with zero attached hydrogens (tertiary/aromatic N) is 1. The summed E-state index contributed by atoms with van der Waals surface area (Å²) in [7, 11) is 0. The second kappa shape index (κ2) is 6.48. The van der Waals surface area contributed by atoms with E-state index in [1.807, 2.05) is 0 Å². The van der Waals surface area contributed by atoms with Crippen molar-refractivity contribution in [1.29, 1.82) is 0 Å². The lowest BCUT2D eigenvalue weighted by Gasteiger charge is -2.32. The number of hydrogen-bond acceptors (Lipinski definition) is 3. The molecule has 0 aliphatic carbocycles. The lowest BCUT2D eigenvalue weighted by atomic mass is 10.1. The molecule has 0 aromatic rings. The van der Waals surface area contributed by atoms with E-state index in [0.717, 1.165) is 19.4 Å². The highest BCUT2D eigenvalue weighted by molar-refractivity contribution is 5.82. The van der Waals surface area contributed by atoms with Crippen molar-refractivity contribution in [3.63, 3.8) is 0 Å². The van der Waals surface area contributed by atoms with Gasteiger partial charge >= 0.3 is 5.97 Å². The summed E-state index contributed by atoms with van der Waals surface area (Å²) in [5.74, 6) is -0.942. The van der Waals surface area contributed by atoms with Crippen molar-refractivity contribution >= 4 is 11.9 Å². The van der Waals surface area contributed by atoms with Crippen molar-refractivity contribution in [1.82, 2.24) is 4.90 Å². The van der Waals surface area contributed by atoms with Crippen LogP contribution in [0.25, 0.3) is 0 Å². The molecule has 1 amide bonds. The van der Waals surface area contributed by atoms with Gasteiger partial charge in [0.05, 0.1) is 6.61 Å². The zero-order valence-electron chi connectivity index (χ0n) is 9.65. The summed E-state index contributed by atoms with van der Waals surface area (Å²) in [6.07, 6.45) is 1.73. The molecular weight excluding hydrogens is 210 g/mol. The van der Waals surface area contributed by atoms with Crippen molar-refractivity contribution in [2.24, 2.45) is 0 Å². The third kappa shape index (κ3) is 3.81. The third-order valence-corrected chi connectivity index (χ3v) is 2.67. The van der Waals surface area contributed by atoms with Crippen molar-refractivity contribution in [3.05, 3.63) is 0 Å². The van der Waals surface area contributed by atoms with Crippen LogP contribution in [0.4, 0.5) is 0 Å². The number of morpholine rings is 1. The van der Waals surface area contributed by atoms with Crippen LogP contribution in [-0.4, -0.2) is 47.7 Å². The van der Waals surface area contributed by atoms with Crippen LogP contribution in [0.15, 0.2) is 0 Å². The minimum Gasteiger partial charge on any atom is -0.481 e. The van der Waals surface area contributed by atoms with Crippen LogP contribution >= 0.6 is 0 Å². The van der Waals surface area contributed by atoms with Gasteiger partial charge in [-0.1, -0.05) is 13.3 Å². The molecule has 0 bridgehead atoms. The van der Waals surface area contributed by atoms with Gasteiger partial charge < -0.3 is 14.7 Å². The molecule has 5 nitrogen and oxygen atoms in total. The number of carboxylic acid groups (broad SMARTS) is 1. The van der Waals surface area contributed by atoms with E-state index in [2.05, 4.69) is 6.92 Å². The Morgan fingerprint density at radius 1 is 1.62 bits per heavy atom. The fraction of sp³-hybridized carbons (Fsp3) is 0.818. The number of aliphatic carboxylic acids is 1. The largest absolute Gasteiger partial charge is 0.481 e. The Morgan fingerprint density at radius 2 is 2.38 bits per heavy atom. The van der Waals surface area contributed by atoms with Crippen LogP contribution in [0.2, 0.25) is 0 Å². The first-order valence-corrected chi connectivity index (χ1v) is 5.77. The number of carbonyl (C=O) groups is 2. The monoisotopic (exact) mass is 229 g/mol. The maximum atomic E-state index is 11.9. The van der Waals surface area contributed by atoms with Gasteiger partial charge in [0.1, 0.15) is 6.10 Å². The zero-order chi connectivity index (χ0) is 12.0. The Hall–Kier alpha value is -1.10. The van der Waals surface area contributed by atoms with Gasteiger partial charge in [0.25, 0.3) is 5.91 Å². The fourth-order valence-corrected chi connectivity index (χ4v) is 1.72. The maximum absolute atomic E-state index is 11.9. The summed E-state index contributed by atoms with van der Waals surface area (Å²) in [5.41, 5.74) is 0. The molecule has 1 aliphatic rings. The number of hydrogen-bond donors (Lipinski definition) is 1. The van der Waals surface area contributed by atoms with Crippen LogP contribution in [0.5, 0.6) is 0 Å². The van der Waals surface area contributed by atoms with Gasteiger partial charge in [-0.25, -0.2) is 0 Å². The molecule has 0 saturated carbocycles. The van der Waals surface area contributed by atoms with E-state index in [0.29, 0.717) is 13.2 Å². The highest BCUT2D eigenvalue weighted by Gasteiger charge is 2.29. The molecule has 1 fully saturated rings. The van der Waals surface area contributed by atoms with Gasteiger partial charge in [0.15, 0.2) is 0 Å². The van der Waals surface area contributed by atoms with Crippen LogP contribution in [-0.2, 0) is 14.3 Å². The maximum Gasteiger partial charge on any atom is 0.303 e. The number of amides is 1. The number of carboxylic acids is 1. The summed E-state index contributed by atoms with van der Waals surface area (Å²) in [6, 6.07) is 0. The van der Waals surface area contributed by atoms with Crippen LogP contribution in [0, 0.1) is 0 Å². The smallest absolute Gasteiger partial charge is 0.303 e. The van der Waals surface area contributed by atoms with Gasteiger partial charge in [-0.3, -0.25) is 9.59 Å². The molecule has 5 heteroatoms. The molecule has 16 heavy (non-hydrogen) atoms. The van der Waals surface area contributed by atoms with E-state index in [1.165, 1.54) is 0 Å². The van der Waals surface area contributed by atoms with E-state index in [4.69, 9.17) is 9.84 Å². The third-order valence-electron chi connectivity index (χ3n) is 2.67. The molecule has 1 rings (SSSR count). The molecule has 1 aliphatic heterocycles. The average Bonchev–Trinajstić information content (AvgIpc) is 2.26. The molecule has 0 radical (unpaired) electrons.